The maximum atomic E-state index is 13.0. The van der Waals surface area contributed by atoms with Crippen LogP contribution in [-0.2, 0) is 11.0 Å². The summed E-state index contributed by atoms with van der Waals surface area (Å²) >= 11 is 0. The number of carbonyl (C=O) groups is 1. The zero-order valence-electron chi connectivity index (χ0n) is 9.93. The van der Waals surface area contributed by atoms with Crippen LogP contribution < -0.4 is 5.32 Å². The molecule has 0 spiro atoms. The monoisotopic (exact) mass is 279 g/mol. The molecule has 0 heterocycles. The lowest BCUT2D eigenvalue weighted by Crippen LogP contribution is -2.13. The highest BCUT2D eigenvalue weighted by atomic mass is 19.4. The minimum atomic E-state index is -4.80. The van der Waals surface area contributed by atoms with Gasteiger partial charge in [-0.05, 0) is 31.0 Å². The molecule has 1 aromatic rings. The predicted molar refractivity (Wildman–Crippen MR) is 61.0 cm³/mol. The summed E-state index contributed by atoms with van der Waals surface area (Å²) in [6.45, 7) is -0.0535. The highest BCUT2D eigenvalue weighted by Crippen LogP contribution is 2.32. The minimum Gasteiger partial charge on any atom is -0.396 e. The third-order valence-corrected chi connectivity index (χ3v) is 2.37. The van der Waals surface area contributed by atoms with Gasteiger partial charge in [-0.25, -0.2) is 4.39 Å². The summed E-state index contributed by atoms with van der Waals surface area (Å²) < 4.78 is 50.3. The van der Waals surface area contributed by atoms with Crippen LogP contribution in [0.25, 0.3) is 0 Å². The van der Waals surface area contributed by atoms with Crippen LogP contribution in [0.4, 0.5) is 23.2 Å². The van der Waals surface area contributed by atoms with Crippen molar-refractivity contribution in [3.05, 3.63) is 29.6 Å². The molecule has 0 aliphatic rings. The lowest BCUT2D eigenvalue weighted by molar-refractivity contribution is -0.140. The average Bonchev–Trinajstić information content (AvgIpc) is 2.30. The molecule has 7 heteroatoms. The largest absolute Gasteiger partial charge is 0.419 e. The molecule has 1 aromatic carbocycles. The second-order valence-electron chi connectivity index (χ2n) is 3.92. The molecule has 0 fully saturated rings. The Balaban J connectivity index is 2.72. The van der Waals surface area contributed by atoms with Gasteiger partial charge in [0.1, 0.15) is 5.82 Å². The third kappa shape index (κ3) is 4.86. The van der Waals surface area contributed by atoms with E-state index in [1.165, 1.54) is 0 Å². The minimum absolute atomic E-state index is 0.0535. The van der Waals surface area contributed by atoms with Gasteiger partial charge in [-0.15, -0.1) is 0 Å². The van der Waals surface area contributed by atoms with Crippen molar-refractivity contribution in [2.45, 2.75) is 25.4 Å². The molecule has 0 aliphatic heterocycles. The molecule has 1 rings (SSSR count). The Hall–Kier alpha value is -1.63. The van der Waals surface area contributed by atoms with Crippen LogP contribution in [0.3, 0.4) is 0 Å². The van der Waals surface area contributed by atoms with Crippen LogP contribution in [0.5, 0.6) is 0 Å². The summed E-state index contributed by atoms with van der Waals surface area (Å²) in [6.07, 6.45) is -3.86. The molecular formula is C12H13F4NO2. The molecular weight excluding hydrogens is 266 g/mol. The van der Waals surface area contributed by atoms with Crippen molar-refractivity contribution >= 4 is 11.6 Å². The zero-order chi connectivity index (χ0) is 14.5. The van der Waals surface area contributed by atoms with Crippen LogP contribution in [0.2, 0.25) is 0 Å². The smallest absolute Gasteiger partial charge is 0.396 e. The number of anilines is 1. The zero-order valence-corrected chi connectivity index (χ0v) is 9.93. The number of carbonyl (C=O) groups excluding carboxylic acids is 1. The maximum absolute atomic E-state index is 13.0. The lowest BCUT2D eigenvalue weighted by Gasteiger charge is -2.11. The van der Waals surface area contributed by atoms with Crippen molar-refractivity contribution in [2.75, 3.05) is 11.9 Å². The molecule has 0 saturated heterocycles. The predicted octanol–water partition coefficient (Wildman–Crippen LogP) is 2.95. The standard InChI is InChI=1S/C12H13F4NO2/c13-10-5-4-8(7-9(10)12(14,15)16)17-11(19)3-1-2-6-18/h4-5,7,18H,1-3,6H2,(H,17,19). The quantitative estimate of drug-likeness (QED) is 0.643. The first kappa shape index (κ1) is 15.4. The number of aliphatic hydroxyl groups is 1. The van der Waals surface area contributed by atoms with Crippen LogP contribution >= 0.6 is 0 Å². The van der Waals surface area contributed by atoms with E-state index in [-0.39, 0.29) is 18.7 Å². The van der Waals surface area contributed by atoms with Crippen molar-refractivity contribution < 1.29 is 27.5 Å². The Kier molecular flexibility index (Phi) is 5.29. The van der Waals surface area contributed by atoms with Gasteiger partial charge in [-0.3, -0.25) is 4.79 Å². The molecule has 0 atom stereocenters. The Morgan fingerprint density at radius 3 is 2.53 bits per heavy atom. The first-order chi connectivity index (χ1) is 8.84. The van der Waals surface area contributed by atoms with Gasteiger partial charge < -0.3 is 10.4 Å². The van der Waals surface area contributed by atoms with Crippen molar-refractivity contribution in [1.82, 2.24) is 0 Å². The first-order valence-electron chi connectivity index (χ1n) is 5.62. The van der Waals surface area contributed by atoms with Gasteiger partial charge >= 0.3 is 6.18 Å². The normalized spacial score (nSPS) is 11.4. The van der Waals surface area contributed by atoms with Gasteiger partial charge in [0.2, 0.25) is 5.91 Å². The number of nitrogens with one attached hydrogen (secondary N) is 1. The van der Waals surface area contributed by atoms with E-state index in [1.807, 2.05) is 0 Å². The molecule has 0 aromatic heterocycles. The summed E-state index contributed by atoms with van der Waals surface area (Å²) in [4.78, 5) is 11.4. The second kappa shape index (κ2) is 6.51. The number of rotatable bonds is 5. The number of hydrogen-bond acceptors (Lipinski definition) is 2. The lowest BCUT2D eigenvalue weighted by atomic mass is 10.1. The molecule has 0 radical (unpaired) electrons. The van der Waals surface area contributed by atoms with E-state index in [4.69, 9.17) is 5.11 Å². The van der Waals surface area contributed by atoms with Gasteiger partial charge in [0.25, 0.3) is 0 Å². The molecule has 0 saturated carbocycles. The van der Waals surface area contributed by atoms with Gasteiger partial charge in [0.15, 0.2) is 0 Å². The van der Waals surface area contributed by atoms with Crippen molar-refractivity contribution in [2.24, 2.45) is 0 Å². The van der Waals surface area contributed by atoms with Crippen LogP contribution in [0.1, 0.15) is 24.8 Å². The molecule has 2 N–H and O–H groups in total. The van der Waals surface area contributed by atoms with E-state index in [2.05, 4.69) is 5.32 Å². The SMILES string of the molecule is O=C(CCCCO)Nc1ccc(F)c(C(F)(F)F)c1. The summed E-state index contributed by atoms with van der Waals surface area (Å²) in [5.41, 5.74) is -1.52. The van der Waals surface area contributed by atoms with Gasteiger partial charge in [0.05, 0.1) is 5.56 Å². The fourth-order valence-corrected chi connectivity index (χ4v) is 1.44. The van der Waals surface area contributed by atoms with E-state index in [1.54, 1.807) is 0 Å². The average molecular weight is 279 g/mol. The molecule has 0 unspecified atom stereocenters. The Morgan fingerprint density at radius 2 is 1.95 bits per heavy atom. The number of unbranched alkanes of at least 4 members (excludes halogenated alkanes) is 1. The molecule has 106 valence electrons. The van der Waals surface area contributed by atoms with Crippen LogP contribution in [-0.4, -0.2) is 17.6 Å². The Labute approximate surface area is 107 Å². The Bertz CT molecular complexity index is 446. The van der Waals surface area contributed by atoms with Crippen molar-refractivity contribution in [3.63, 3.8) is 0 Å². The molecule has 3 nitrogen and oxygen atoms in total. The number of hydrogen-bond donors (Lipinski definition) is 2. The first-order valence-corrected chi connectivity index (χ1v) is 5.62. The third-order valence-electron chi connectivity index (χ3n) is 2.37. The van der Waals surface area contributed by atoms with Crippen LogP contribution in [0.15, 0.2) is 18.2 Å². The molecule has 19 heavy (non-hydrogen) atoms. The number of alkyl halides is 3. The molecule has 1 amide bonds. The molecule has 0 bridgehead atoms. The van der Waals surface area contributed by atoms with Gasteiger partial charge in [-0.1, -0.05) is 0 Å². The number of benzene rings is 1. The van der Waals surface area contributed by atoms with E-state index >= 15 is 0 Å². The van der Waals surface area contributed by atoms with Gasteiger partial charge in [-0.2, -0.15) is 13.2 Å². The number of halogens is 4. The summed E-state index contributed by atoms with van der Waals surface area (Å²) in [5, 5.41) is 10.8. The van der Waals surface area contributed by atoms with Crippen molar-refractivity contribution in [1.29, 1.82) is 0 Å². The fourth-order valence-electron chi connectivity index (χ4n) is 1.44. The van der Waals surface area contributed by atoms with E-state index < -0.39 is 23.5 Å². The van der Waals surface area contributed by atoms with Crippen LogP contribution in [0, 0.1) is 5.82 Å². The van der Waals surface area contributed by atoms with E-state index in [9.17, 15) is 22.4 Å². The number of aliphatic hydroxyl groups excluding tert-OH is 1. The molecule has 0 aliphatic carbocycles. The Morgan fingerprint density at radius 1 is 1.26 bits per heavy atom. The summed E-state index contributed by atoms with van der Waals surface area (Å²) in [6, 6.07) is 2.28. The highest BCUT2D eigenvalue weighted by molar-refractivity contribution is 5.90. The summed E-state index contributed by atoms with van der Waals surface area (Å²) in [7, 11) is 0. The second-order valence-corrected chi connectivity index (χ2v) is 3.92. The van der Waals surface area contributed by atoms with Crippen molar-refractivity contribution in [3.8, 4) is 0 Å². The van der Waals surface area contributed by atoms with E-state index in [0.29, 0.717) is 25.0 Å². The maximum Gasteiger partial charge on any atom is 0.419 e. The van der Waals surface area contributed by atoms with Gasteiger partial charge in [0, 0.05) is 18.7 Å². The highest BCUT2D eigenvalue weighted by Gasteiger charge is 2.34. The topological polar surface area (TPSA) is 49.3 Å². The fraction of sp³-hybridized carbons (Fsp3) is 0.417. The van der Waals surface area contributed by atoms with E-state index in [0.717, 1.165) is 6.07 Å². The number of amides is 1. The summed E-state index contributed by atoms with van der Waals surface area (Å²) in [5.74, 6) is -1.86.